The van der Waals surface area contributed by atoms with E-state index in [1.54, 1.807) is 26.0 Å². The SMILES string of the molecule is COc1cc2c(cc1OC)CN(C(=O)N[C@@H](C)C(=O)NC1CCCc3ccccc31)CC2. The van der Waals surface area contributed by atoms with Crippen molar-refractivity contribution in [2.75, 3.05) is 20.8 Å². The number of amides is 3. The molecule has 170 valence electrons. The molecule has 2 N–H and O–H groups in total. The Bertz CT molecular complexity index is 1010. The average Bonchev–Trinajstić information content (AvgIpc) is 2.82. The molecule has 3 amide bonds. The van der Waals surface area contributed by atoms with Crippen LogP contribution in [0.1, 0.15) is 48.1 Å². The van der Waals surface area contributed by atoms with Gasteiger partial charge < -0.3 is 25.0 Å². The molecule has 0 bridgehead atoms. The van der Waals surface area contributed by atoms with Crippen LogP contribution >= 0.6 is 0 Å². The number of nitrogens with one attached hydrogen (secondary N) is 2. The third kappa shape index (κ3) is 4.52. The van der Waals surface area contributed by atoms with Gasteiger partial charge in [0.2, 0.25) is 5.91 Å². The highest BCUT2D eigenvalue weighted by Crippen LogP contribution is 2.33. The van der Waals surface area contributed by atoms with Gasteiger partial charge in [0, 0.05) is 13.1 Å². The molecular weight excluding hydrogens is 406 g/mol. The molecule has 1 aliphatic carbocycles. The third-order valence-electron chi connectivity index (χ3n) is 6.42. The molecule has 7 nitrogen and oxygen atoms in total. The van der Waals surface area contributed by atoms with E-state index in [0.717, 1.165) is 36.8 Å². The summed E-state index contributed by atoms with van der Waals surface area (Å²) < 4.78 is 10.8. The first kappa shape index (κ1) is 22.0. The minimum Gasteiger partial charge on any atom is -0.493 e. The van der Waals surface area contributed by atoms with Crippen LogP contribution in [0.3, 0.4) is 0 Å². The fourth-order valence-electron chi connectivity index (χ4n) is 4.60. The first-order valence-corrected chi connectivity index (χ1v) is 11.2. The molecule has 1 unspecified atom stereocenters. The molecule has 32 heavy (non-hydrogen) atoms. The van der Waals surface area contributed by atoms with Crippen molar-refractivity contribution in [3.05, 3.63) is 58.7 Å². The van der Waals surface area contributed by atoms with Crippen molar-refractivity contribution in [1.29, 1.82) is 0 Å². The lowest BCUT2D eigenvalue weighted by Crippen LogP contribution is -2.51. The van der Waals surface area contributed by atoms with Crippen LogP contribution < -0.4 is 20.1 Å². The van der Waals surface area contributed by atoms with E-state index in [2.05, 4.69) is 22.8 Å². The number of fused-ring (bicyclic) bond motifs is 2. The molecular formula is C25H31N3O4. The number of ether oxygens (including phenoxy) is 2. The number of rotatable bonds is 5. The number of carbonyl (C=O) groups excluding carboxylic acids is 2. The standard InChI is InChI=1S/C25H31N3O4/c1-16(24(29)27-21-10-6-8-17-7-4-5-9-20(17)21)26-25(30)28-12-11-18-13-22(31-2)23(32-3)14-19(18)15-28/h4-5,7,9,13-14,16,21H,6,8,10-12,15H2,1-3H3,(H,26,30)(H,27,29)/t16-,21?/m0/s1. The van der Waals surface area contributed by atoms with E-state index in [1.165, 1.54) is 11.1 Å². The molecule has 2 aromatic rings. The molecule has 2 aliphatic rings. The molecule has 1 heterocycles. The number of hydrogen-bond donors (Lipinski definition) is 2. The van der Waals surface area contributed by atoms with Crippen molar-refractivity contribution >= 4 is 11.9 Å². The van der Waals surface area contributed by atoms with Gasteiger partial charge in [0.1, 0.15) is 6.04 Å². The lowest BCUT2D eigenvalue weighted by molar-refractivity contribution is -0.123. The number of nitrogens with zero attached hydrogens (tertiary/aromatic N) is 1. The van der Waals surface area contributed by atoms with Crippen LogP contribution in [0.25, 0.3) is 0 Å². The van der Waals surface area contributed by atoms with Gasteiger partial charge in [0.15, 0.2) is 11.5 Å². The Labute approximate surface area is 189 Å². The zero-order valence-electron chi connectivity index (χ0n) is 18.9. The topological polar surface area (TPSA) is 79.9 Å². The minimum atomic E-state index is -0.622. The maximum atomic E-state index is 12.9. The van der Waals surface area contributed by atoms with Gasteiger partial charge in [-0.3, -0.25) is 4.79 Å². The second-order valence-electron chi connectivity index (χ2n) is 8.47. The van der Waals surface area contributed by atoms with Gasteiger partial charge >= 0.3 is 6.03 Å². The fraction of sp³-hybridized carbons (Fsp3) is 0.440. The van der Waals surface area contributed by atoms with Crippen LogP contribution in [0.2, 0.25) is 0 Å². The molecule has 2 aromatic carbocycles. The Morgan fingerprint density at radius 2 is 1.75 bits per heavy atom. The molecule has 0 radical (unpaired) electrons. The molecule has 0 saturated heterocycles. The van der Waals surface area contributed by atoms with Gasteiger partial charge in [-0.05, 0) is 67.0 Å². The van der Waals surface area contributed by atoms with Gasteiger partial charge in [-0.15, -0.1) is 0 Å². The summed E-state index contributed by atoms with van der Waals surface area (Å²) in [7, 11) is 3.22. The van der Waals surface area contributed by atoms with Gasteiger partial charge in [-0.1, -0.05) is 24.3 Å². The predicted molar refractivity (Wildman–Crippen MR) is 122 cm³/mol. The highest BCUT2D eigenvalue weighted by Gasteiger charge is 2.27. The second kappa shape index (κ2) is 9.51. The molecule has 0 fully saturated rings. The molecule has 1 aliphatic heterocycles. The van der Waals surface area contributed by atoms with Gasteiger partial charge in [0.25, 0.3) is 0 Å². The van der Waals surface area contributed by atoms with E-state index in [0.29, 0.717) is 24.6 Å². The largest absolute Gasteiger partial charge is 0.493 e. The monoisotopic (exact) mass is 437 g/mol. The van der Waals surface area contributed by atoms with Crippen molar-refractivity contribution in [2.24, 2.45) is 0 Å². The highest BCUT2D eigenvalue weighted by atomic mass is 16.5. The summed E-state index contributed by atoms with van der Waals surface area (Å²) in [4.78, 5) is 27.4. The average molecular weight is 438 g/mol. The van der Waals surface area contributed by atoms with E-state index >= 15 is 0 Å². The Kier molecular flexibility index (Phi) is 6.53. The van der Waals surface area contributed by atoms with E-state index in [1.807, 2.05) is 24.3 Å². The van der Waals surface area contributed by atoms with Crippen molar-refractivity contribution in [3.63, 3.8) is 0 Å². The number of benzene rings is 2. The van der Waals surface area contributed by atoms with Crippen LogP contribution in [0.5, 0.6) is 11.5 Å². The maximum Gasteiger partial charge on any atom is 0.318 e. The zero-order chi connectivity index (χ0) is 22.7. The van der Waals surface area contributed by atoms with Gasteiger partial charge in [-0.25, -0.2) is 4.79 Å². The molecule has 0 saturated carbocycles. The van der Waals surface area contributed by atoms with E-state index in [-0.39, 0.29) is 18.0 Å². The molecule has 7 heteroatoms. The van der Waals surface area contributed by atoms with Crippen molar-refractivity contribution in [1.82, 2.24) is 15.5 Å². The minimum absolute atomic E-state index is 0.00360. The summed E-state index contributed by atoms with van der Waals surface area (Å²) in [5, 5.41) is 5.99. The van der Waals surface area contributed by atoms with Crippen LogP contribution in [-0.2, 0) is 24.2 Å². The summed E-state index contributed by atoms with van der Waals surface area (Å²) in [5.41, 5.74) is 4.65. The number of urea groups is 1. The fourth-order valence-corrected chi connectivity index (χ4v) is 4.60. The molecule has 0 spiro atoms. The number of carbonyl (C=O) groups is 2. The van der Waals surface area contributed by atoms with Crippen LogP contribution in [0.4, 0.5) is 4.79 Å². The van der Waals surface area contributed by atoms with Gasteiger partial charge in [-0.2, -0.15) is 0 Å². The smallest absolute Gasteiger partial charge is 0.318 e. The maximum absolute atomic E-state index is 12.9. The third-order valence-corrected chi connectivity index (χ3v) is 6.42. The Balaban J connectivity index is 1.37. The Morgan fingerprint density at radius 1 is 1.03 bits per heavy atom. The molecule has 2 atom stereocenters. The Hall–Kier alpha value is -3.22. The number of aryl methyl sites for hydroxylation is 1. The quantitative estimate of drug-likeness (QED) is 0.752. The number of hydrogen-bond acceptors (Lipinski definition) is 4. The molecule has 4 rings (SSSR count). The van der Waals surface area contributed by atoms with Crippen LogP contribution in [0, 0.1) is 0 Å². The first-order valence-electron chi connectivity index (χ1n) is 11.2. The van der Waals surface area contributed by atoms with Crippen LogP contribution in [-0.4, -0.2) is 43.6 Å². The lowest BCUT2D eigenvalue weighted by Gasteiger charge is -2.31. The normalized spacial score (nSPS) is 18.1. The molecule has 0 aromatic heterocycles. The van der Waals surface area contributed by atoms with Crippen LogP contribution in [0.15, 0.2) is 36.4 Å². The van der Waals surface area contributed by atoms with Crippen molar-refractivity contribution in [3.8, 4) is 11.5 Å². The summed E-state index contributed by atoms with van der Waals surface area (Å²) in [6, 6.07) is 11.3. The predicted octanol–water partition coefficient (Wildman–Crippen LogP) is 3.35. The van der Waals surface area contributed by atoms with E-state index in [4.69, 9.17) is 9.47 Å². The first-order chi connectivity index (χ1) is 15.5. The lowest BCUT2D eigenvalue weighted by atomic mass is 9.87. The Morgan fingerprint density at radius 3 is 2.50 bits per heavy atom. The number of methoxy groups -OCH3 is 2. The zero-order valence-corrected chi connectivity index (χ0v) is 18.9. The summed E-state index contributed by atoms with van der Waals surface area (Å²) in [6.07, 6.45) is 3.73. The van der Waals surface area contributed by atoms with E-state index < -0.39 is 6.04 Å². The summed E-state index contributed by atoms with van der Waals surface area (Å²) in [5.74, 6) is 1.18. The summed E-state index contributed by atoms with van der Waals surface area (Å²) >= 11 is 0. The van der Waals surface area contributed by atoms with Gasteiger partial charge in [0.05, 0.1) is 20.3 Å². The highest BCUT2D eigenvalue weighted by molar-refractivity contribution is 5.87. The van der Waals surface area contributed by atoms with Crippen molar-refractivity contribution in [2.45, 2.75) is 51.2 Å². The second-order valence-corrected chi connectivity index (χ2v) is 8.47. The van der Waals surface area contributed by atoms with E-state index in [9.17, 15) is 9.59 Å². The van der Waals surface area contributed by atoms with Crippen molar-refractivity contribution < 1.29 is 19.1 Å². The summed E-state index contributed by atoms with van der Waals surface area (Å²) in [6.45, 7) is 2.78.